The van der Waals surface area contributed by atoms with Crippen LogP contribution in [-0.4, -0.2) is 35.8 Å². The van der Waals surface area contributed by atoms with E-state index in [1.807, 2.05) is 0 Å². The zero-order valence-corrected chi connectivity index (χ0v) is 14.1. The summed E-state index contributed by atoms with van der Waals surface area (Å²) in [5.74, 6) is -1.53. The second-order valence-corrected chi connectivity index (χ2v) is 6.50. The lowest BCUT2D eigenvalue weighted by Gasteiger charge is -2.19. The molecule has 1 N–H and O–H groups in total. The van der Waals surface area contributed by atoms with Crippen LogP contribution in [0.2, 0.25) is 0 Å². The Balaban J connectivity index is 1.58. The summed E-state index contributed by atoms with van der Waals surface area (Å²) in [6, 6.07) is 5.85. The molecule has 2 fully saturated rings. The van der Waals surface area contributed by atoms with Crippen LogP contribution in [0.25, 0.3) is 0 Å². The zero-order valence-electron chi connectivity index (χ0n) is 14.1. The van der Waals surface area contributed by atoms with Gasteiger partial charge in [0.05, 0.1) is 17.5 Å². The van der Waals surface area contributed by atoms with Crippen molar-refractivity contribution in [2.24, 2.45) is 11.8 Å². The predicted octanol–water partition coefficient (Wildman–Crippen LogP) is 2.79. The van der Waals surface area contributed by atoms with E-state index >= 15 is 0 Å². The number of alkyl halides is 2. The van der Waals surface area contributed by atoms with E-state index < -0.39 is 12.5 Å². The van der Waals surface area contributed by atoms with E-state index in [1.165, 1.54) is 23.1 Å². The highest BCUT2D eigenvalue weighted by molar-refractivity contribution is 6.05. The number of carbonyl (C=O) groups is 3. The quantitative estimate of drug-likeness (QED) is 0.786. The summed E-state index contributed by atoms with van der Waals surface area (Å²) in [5.41, 5.74) is 0.116. The first kappa shape index (κ1) is 18.3. The lowest BCUT2D eigenvalue weighted by molar-refractivity contribution is -0.140. The molecular formula is C18H20F2N2O4. The van der Waals surface area contributed by atoms with Crippen molar-refractivity contribution >= 4 is 23.4 Å². The number of benzene rings is 1. The van der Waals surface area contributed by atoms with E-state index in [9.17, 15) is 23.2 Å². The number of halogens is 2. The molecule has 2 aliphatic rings. The fraction of sp³-hybridized carbons (Fsp3) is 0.500. The first-order chi connectivity index (χ1) is 12.5. The first-order valence-electron chi connectivity index (χ1n) is 8.66. The van der Waals surface area contributed by atoms with Gasteiger partial charge >= 0.3 is 6.61 Å². The summed E-state index contributed by atoms with van der Waals surface area (Å²) in [6.45, 7) is -3.01. The van der Waals surface area contributed by atoms with E-state index in [-0.39, 0.29) is 48.1 Å². The van der Waals surface area contributed by atoms with E-state index in [0.717, 1.165) is 25.7 Å². The van der Waals surface area contributed by atoms with Gasteiger partial charge < -0.3 is 10.1 Å². The molecule has 3 amide bonds. The molecule has 0 radical (unpaired) electrons. The number of carbonyl (C=O) groups excluding carboxylic acids is 3. The Morgan fingerprint density at radius 1 is 1.15 bits per heavy atom. The highest BCUT2D eigenvalue weighted by Gasteiger charge is 2.47. The highest BCUT2D eigenvalue weighted by atomic mass is 19.3. The highest BCUT2D eigenvalue weighted by Crippen LogP contribution is 2.38. The molecule has 2 unspecified atom stereocenters. The van der Waals surface area contributed by atoms with Crippen molar-refractivity contribution in [3.8, 4) is 5.75 Å². The number of fused-ring (bicyclic) bond motifs is 1. The minimum Gasteiger partial charge on any atom is -0.433 e. The SMILES string of the molecule is O=C(CCN1C(=O)C2CCCCC2C1=O)Nc1ccccc1OC(F)F. The molecule has 3 rings (SSSR count). The van der Waals surface area contributed by atoms with Gasteiger partial charge in [0, 0.05) is 13.0 Å². The molecule has 1 saturated carbocycles. The maximum absolute atomic E-state index is 12.4. The summed E-state index contributed by atoms with van der Waals surface area (Å²) in [4.78, 5) is 38.0. The topological polar surface area (TPSA) is 75.7 Å². The molecule has 140 valence electrons. The lowest BCUT2D eigenvalue weighted by Crippen LogP contribution is -2.34. The number of likely N-dealkylation sites (tertiary alicyclic amines) is 1. The molecule has 1 aliphatic carbocycles. The van der Waals surface area contributed by atoms with E-state index in [2.05, 4.69) is 10.1 Å². The average molecular weight is 366 g/mol. The molecule has 0 aromatic heterocycles. The number of hydrogen-bond donors (Lipinski definition) is 1. The molecule has 1 heterocycles. The van der Waals surface area contributed by atoms with Crippen LogP contribution in [0.15, 0.2) is 24.3 Å². The van der Waals surface area contributed by atoms with Gasteiger partial charge in [-0.2, -0.15) is 8.78 Å². The minimum absolute atomic E-state index is 0.00558. The van der Waals surface area contributed by atoms with Crippen molar-refractivity contribution in [3.05, 3.63) is 24.3 Å². The fourth-order valence-electron chi connectivity index (χ4n) is 3.65. The molecule has 26 heavy (non-hydrogen) atoms. The summed E-state index contributed by atoms with van der Waals surface area (Å²) in [6.07, 6.45) is 3.22. The number of amides is 3. The molecule has 6 nitrogen and oxygen atoms in total. The van der Waals surface area contributed by atoms with Gasteiger partial charge in [-0.05, 0) is 25.0 Å². The fourth-order valence-corrected chi connectivity index (χ4v) is 3.65. The third-order valence-corrected chi connectivity index (χ3v) is 4.87. The van der Waals surface area contributed by atoms with Crippen LogP contribution in [0.5, 0.6) is 5.75 Å². The number of nitrogens with one attached hydrogen (secondary N) is 1. The van der Waals surface area contributed by atoms with Crippen LogP contribution in [0.4, 0.5) is 14.5 Å². The van der Waals surface area contributed by atoms with Gasteiger partial charge in [-0.1, -0.05) is 25.0 Å². The number of para-hydroxylation sites is 2. The van der Waals surface area contributed by atoms with E-state index in [4.69, 9.17) is 0 Å². The van der Waals surface area contributed by atoms with Crippen LogP contribution < -0.4 is 10.1 Å². The summed E-state index contributed by atoms with van der Waals surface area (Å²) >= 11 is 0. The van der Waals surface area contributed by atoms with Gasteiger partial charge in [-0.25, -0.2) is 0 Å². The van der Waals surface area contributed by atoms with Crippen molar-refractivity contribution in [1.82, 2.24) is 4.90 Å². The molecular weight excluding hydrogens is 346 g/mol. The van der Waals surface area contributed by atoms with Crippen molar-refractivity contribution < 1.29 is 27.9 Å². The lowest BCUT2D eigenvalue weighted by atomic mass is 9.81. The molecule has 1 aliphatic heterocycles. The number of hydrogen-bond acceptors (Lipinski definition) is 4. The number of imide groups is 1. The number of anilines is 1. The van der Waals surface area contributed by atoms with Crippen molar-refractivity contribution in [2.45, 2.75) is 38.7 Å². The summed E-state index contributed by atoms with van der Waals surface area (Å²) in [7, 11) is 0. The number of ether oxygens (including phenoxy) is 1. The standard InChI is InChI=1S/C18H20F2N2O4/c19-18(20)26-14-8-4-3-7-13(14)21-15(23)9-10-22-16(24)11-5-1-2-6-12(11)17(22)25/h3-4,7-8,11-12,18H,1-2,5-6,9-10H2,(H,21,23). The van der Waals surface area contributed by atoms with Crippen LogP contribution >= 0.6 is 0 Å². The number of rotatable bonds is 6. The second kappa shape index (κ2) is 7.80. The molecule has 1 aromatic rings. The van der Waals surface area contributed by atoms with Crippen LogP contribution in [0.1, 0.15) is 32.1 Å². The van der Waals surface area contributed by atoms with Gasteiger partial charge in [0.2, 0.25) is 17.7 Å². The molecule has 2 atom stereocenters. The van der Waals surface area contributed by atoms with Crippen molar-refractivity contribution in [2.75, 3.05) is 11.9 Å². The van der Waals surface area contributed by atoms with Gasteiger partial charge in [0.25, 0.3) is 0 Å². The first-order valence-corrected chi connectivity index (χ1v) is 8.66. The molecule has 8 heteroatoms. The number of nitrogens with zero attached hydrogens (tertiary/aromatic N) is 1. The normalized spacial score (nSPS) is 22.5. The molecule has 0 spiro atoms. The second-order valence-electron chi connectivity index (χ2n) is 6.50. The monoisotopic (exact) mass is 366 g/mol. The molecule has 0 bridgehead atoms. The van der Waals surface area contributed by atoms with Crippen molar-refractivity contribution in [3.63, 3.8) is 0 Å². The molecule has 1 aromatic carbocycles. The van der Waals surface area contributed by atoms with E-state index in [1.54, 1.807) is 6.07 Å². The Kier molecular flexibility index (Phi) is 5.49. The average Bonchev–Trinajstić information content (AvgIpc) is 2.86. The van der Waals surface area contributed by atoms with Gasteiger partial charge in [-0.3, -0.25) is 19.3 Å². The molecule has 1 saturated heterocycles. The Hall–Kier alpha value is -2.51. The largest absolute Gasteiger partial charge is 0.433 e. The summed E-state index contributed by atoms with van der Waals surface area (Å²) < 4.78 is 29.2. The van der Waals surface area contributed by atoms with E-state index in [0.29, 0.717) is 0 Å². The van der Waals surface area contributed by atoms with Crippen LogP contribution in [0.3, 0.4) is 0 Å². The summed E-state index contributed by atoms with van der Waals surface area (Å²) in [5, 5.41) is 2.49. The predicted molar refractivity (Wildman–Crippen MR) is 88.5 cm³/mol. The van der Waals surface area contributed by atoms with Crippen LogP contribution in [-0.2, 0) is 14.4 Å². The maximum atomic E-state index is 12.4. The Labute approximate surface area is 149 Å². The van der Waals surface area contributed by atoms with Crippen LogP contribution in [0, 0.1) is 11.8 Å². The van der Waals surface area contributed by atoms with Gasteiger partial charge in [-0.15, -0.1) is 0 Å². The minimum atomic E-state index is -3.00. The zero-order chi connectivity index (χ0) is 18.7. The van der Waals surface area contributed by atoms with Gasteiger partial charge in [0.1, 0.15) is 5.75 Å². The Morgan fingerprint density at radius 3 is 2.38 bits per heavy atom. The third kappa shape index (κ3) is 3.84. The van der Waals surface area contributed by atoms with Crippen molar-refractivity contribution in [1.29, 1.82) is 0 Å². The Morgan fingerprint density at radius 2 is 1.77 bits per heavy atom. The third-order valence-electron chi connectivity index (χ3n) is 4.87. The van der Waals surface area contributed by atoms with Gasteiger partial charge in [0.15, 0.2) is 0 Å². The Bertz CT molecular complexity index is 686. The maximum Gasteiger partial charge on any atom is 0.387 e. The smallest absolute Gasteiger partial charge is 0.387 e.